The second kappa shape index (κ2) is 8.70. The van der Waals surface area contributed by atoms with Gasteiger partial charge in [-0.1, -0.05) is 24.8 Å². The van der Waals surface area contributed by atoms with E-state index in [2.05, 4.69) is 6.58 Å². The lowest BCUT2D eigenvalue weighted by molar-refractivity contribution is -0.137. The summed E-state index contributed by atoms with van der Waals surface area (Å²) in [5, 5.41) is 8.93. The lowest BCUT2D eigenvalue weighted by Gasteiger charge is -2.09. The third-order valence-electron chi connectivity index (χ3n) is 2.41. The number of esters is 1. The first-order valence-corrected chi connectivity index (χ1v) is 7.18. The van der Waals surface area contributed by atoms with Crippen molar-refractivity contribution in [2.45, 2.75) is 4.90 Å². The summed E-state index contributed by atoms with van der Waals surface area (Å²) in [6.45, 7) is 3.48. The molecule has 0 N–H and O–H groups in total. The highest BCUT2D eigenvalue weighted by molar-refractivity contribution is 8.13. The predicted molar refractivity (Wildman–Crippen MR) is 86.1 cm³/mol. The molecule has 1 aromatic rings. The van der Waals surface area contributed by atoms with Crippen molar-refractivity contribution in [3.63, 3.8) is 0 Å². The molecule has 0 aliphatic rings. The second-order valence-electron chi connectivity index (χ2n) is 4.39. The molecule has 0 bridgehead atoms. The molecule has 0 unspecified atom stereocenters. The van der Waals surface area contributed by atoms with E-state index in [-0.39, 0.29) is 17.4 Å². The molecule has 0 spiro atoms. The van der Waals surface area contributed by atoms with Crippen molar-refractivity contribution in [2.75, 3.05) is 20.7 Å². The number of thioether (sulfide) groups is 1. The Morgan fingerprint density at radius 1 is 1.45 bits per heavy atom. The summed E-state index contributed by atoms with van der Waals surface area (Å²) >= 11 is 1.07. The van der Waals surface area contributed by atoms with Gasteiger partial charge in [0, 0.05) is 19.0 Å². The van der Waals surface area contributed by atoms with Crippen LogP contribution in [0.4, 0.5) is 4.79 Å². The molecule has 114 valence electrons. The highest BCUT2D eigenvalue weighted by Gasteiger charge is 2.11. The number of hydrogen-bond donors (Lipinski definition) is 0. The molecule has 0 fully saturated rings. The van der Waals surface area contributed by atoms with Gasteiger partial charge in [0.15, 0.2) is 0 Å². The van der Waals surface area contributed by atoms with Gasteiger partial charge in [-0.3, -0.25) is 4.79 Å². The number of benzene rings is 1. The Bertz CT molecular complexity index is 645. The zero-order chi connectivity index (χ0) is 16.5. The van der Waals surface area contributed by atoms with Crippen LogP contribution in [0.25, 0.3) is 6.08 Å². The first kappa shape index (κ1) is 17.5. The zero-order valence-electron chi connectivity index (χ0n) is 12.4. The molecule has 1 aromatic carbocycles. The minimum atomic E-state index is -0.704. The molecular weight excluding hydrogens is 300 g/mol. The summed E-state index contributed by atoms with van der Waals surface area (Å²) in [6, 6.07) is 8.81. The summed E-state index contributed by atoms with van der Waals surface area (Å²) in [5.41, 5.74) is 0.534. The average Bonchev–Trinajstić information content (AvgIpc) is 2.50. The van der Waals surface area contributed by atoms with E-state index in [1.165, 1.54) is 17.1 Å². The van der Waals surface area contributed by atoms with Crippen LogP contribution in [0.5, 0.6) is 0 Å². The molecule has 22 heavy (non-hydrogen) atoms. The first-order valence-electron chi connectivity index (χ1n) is 6.37. The van der Waals surface area contributed by atoms with Crippen LogP contribution in [0.1, 0.15) is 5.56 Å². The van der Waals surface area contributed by atoms with Gasteiger partial charge in [-0.2, -0.15) is 5.26 Å². The SMILES string of the molecule is C=CCOC(=O)/C(C#N)=C/c1cccc(SC(=O)N(C)C)c1. The van der Waals surface area contributed by atoms with Crippen molar-refractivity contribution in [1.29, 1.82) is 5.26 Å². The summed E-state index contributed by atoms with van der Waals surface area (Å²) in [4.78, 5) is 25.5. The van der Waals surface area contributed by atoms with Crippen LogP contribution < -0.4 is 0 Å². The van der Waals surface area contributed by atoms with E-state index in [1.807, 2.05) is 6.07 Å². The van der Waals surface area contributed by atoms with Gasteiger partial charge in [0.1, 0.15) is 18.2 Å². The molecule has 0 aliphatic carbocycles. The number of ether oxygens (including phenoxy) is 1. The van der Waals surface area contributed by atoms with E-state index in [0.29, 0.717) is 5.56 Å². The molecule has 5 nitrogen and oxygen atoms in total. The van der Waals surface area contributed by atoms with Crippen molar-refractivity contribution in [3.05, 3.63) is 48.1 Å². The van der Waals surface area contributed by atoms with Gasteiger partial charge in [0.2, 0.25) is 0 Å². The fraction of sp³-hybridized carbons (Fsp3) is 0.188. The van der Waals surface area contributed by atoms with E-state index in [4.69, 9.17) is 10.00 Å². The van der Waals surface area contributed by atoms with E-state index in [9.17, 15) is 9.59 Å². The fourth-order valence-electron chi connectivity index (χ4n) is 1.38. The molecule has 0 atom stereocenters. The Kier molecular flexibility index (Phi) is 6.93. The lowest BCUT2D eigenvalue weighted by atomic mass is 10.1. The summed E-state index contributed by atoms with van der Waals surface area (Å²) < 4.78 is 4.83. The smallest absolute Gasteiger partial charge is 0.349 e. The molecular formula is C16H16N2O3S. The Hall–Kier alpha value is -2.52. The quantitative estimate of drug-likeness (QED) is 0.274. The minimum absolute atomic E-state index is 0.0467. The highest BCUT2D eigenvalue weighted by atomic mass is 32.2. The Labute approximate surface area is 133 Å². The predicted octanol–water partition coefficient (Wildman–Crippen LogP) is 3.10. The van der Waals surface area contributed by atoms with Crippen molar-refractivity contribution in [2.24, 2.45) is 0 Å². The van der Waals surface area contributed by atoms with Crippen LogP contribution in [0, 0.1) is 11.3 Å². The van der Waals surface area contributed by atoms with Crippen molar-refractivity contribution >= 4 is 29.0 Å². The number of nitrogens with zero attached hydrogens (tertiary/aromatic N) is 2. The number of carbonyl (C=O) groups excluding carboxylic acids is 2. The van der Waals surface area contributed by atoms with Crippen molar-refractivity contribution < 1.29 is 14.3 Å². The van der Waals surface area contributed by atoms with Gasteiger partial charge in [0.25, 0.3) is 5.24 Å². The third kappa shape index (κ3) is 5.46. The molecule has 0 aliphatic heterocycles. The van der Waals surface area contributed by atoms with E-state index >= 15 is 0 Å². The molecule has 0 aromatic heterocycles. The summed E-state index contributed by atoms with van der Waals surface area (Å²) in [7, 11) is 3.34. The van der Waals surface area contributed by atoms with Crippen molar-refractivity contribution in [3.8, 4) is 6.07 Å². The summed E-state index contributed by atoms with van der Waals surface area (Å²) in [6.07, 6.45) is 2.85. The maximum Gasteiger partial charge on any atom is 0.349 e. The normalized spacial score (nSPS) is 10.5. The molecule has 0 saturated heterocycles. The Morgan fingerprint density at radius 3 is 2.77 bits per heavy atom. The minimum Gasteiger partial charge on any atom is -0.457 e. The van der Waals surface area contributed by atoms with Crippen LogP contribution in [-0.4, -0.2) is 36.8 Å². The second-order valence-corrected chi connectivity index (χ2v) is 5.42. The standard InChI is InChI=1S/C16H16N2O3S/c1-4-8-21-15(19)13(11-17)9-12-6-5-7-14(10-12)22-16(20)18(2)3/h4-7,9-10H,1,8H2,2-3H3/b13-9+. The van der Waals surface area contributed by atoms with Crippen molar-refractivity contribution in [1.82, 2.24) is 4.90 Å². The topological polar surface area (TPSA) is 70.4 Å². The number of nitriles is 1. The fourth-order valence-corrected chi connectivity index (χ4v) is 2.10. The van der Waals surface area contributed by atoms with Crippen LogP contribution in [0.3, 0.4) is 0 Å². The van der Waals surface area contributed by atoms with E-state index in [0.717, 1.165) is 16.7 Å². The molecule has 0 saturated carbocycles. The summed E-state index contributed by atoms with van der Waals surface area (Å²) in [5.74, 6) is -0.704. The zero-order valence-corrected chi connectivity index (χ0v) is 13.2. The van der Waals surface area contributed by atoms with Crippen LogP contribution in [0.2, 0.25) is 0 Å². The molecule has 1 amide bonds. The molecule has 1 rings (SSSR count). The molecule has 0 radical (unpaired) electrons. The van der Waals surface area contributed by atoms with Gasteiger partial charge in [0.05, 0.1) is 0 Å². The van der Waals surface area contributed by atoms with Crippen LogP contribution in [0.15, 0.2) is 47.4 Å². The van der Waals surface area contributed by atoms with Crippen LogP contribution >= 0.6 is 11.8 Å². The molecule has 6 heteroatoms. The van der Waals surface area contributed by atoms with Gasteiger partial charge in [-0.15, -0.1) is 0 Å². The third-order valence-corrected chi connectivity index (χ3v) is 3.44. The van der Waals surface area contributed by atoms with Gasteiger partial charge >= 0.3 is 5.97 Å². The number of hydrogen-bond acceptors (Lipinski definition) is 5. The van der Waals surface area contributed by atoms with E-state index < -0.39 is 5.97 Å². The maximum atomic E-state index is 11.7. The average molecular weight is 316 g/mol. The van der Waals surface area contributed by atoms with Gasteiger partial charge < -0.3 is 9.64 Å². The maximum absolute atomic E-state index is 11.7. The highest BCUT2D eigenvalue weighted by Crippen LogP contribution is 2.22. The van der Waals surface area contributed by atoms with Gasteiger partial charge in [-0.25, -0.2) is 4.79 Å². The number of carbonyl (C=O) groups is 2. The van der Waals surface area contributed by atoms with Gasteiger partial charge in [-0.05, 0) is 35.5 Å². The molecule has 0 heterocycles. The largest absolute Gasteiger partial charge is 0.457 e. The Morgan fingerprint density at radius 2 is 2.18 bits per heavy atom. The Balaban J connectivity index is 2.94. The van der Waals surface area contributed by atoms with Crippen LogP contribution in [-0.2, 0) is 9.53 Å². The number of amides is 1. The monoisotopic (exact) mass is 316 g/mol. The van der Waals surface area contributed by atoms with E-state index in [1.54, 1.807) is 38.4 Å². The first-order chi connectivity index (χ1) is 10.5. The lowest BCUT2D eigenvalue weighted by Crippen LogP contribution is -2.15. The number of rotatable bonds is 5.